The molecule has 0 rings (SSSR count). The fourth-order valence-corrected chi connectivity index (χ4v) is 1.91. The third kappa shape index (κ3) is 12.5. The summed E-state index contributed by atoms with van der Waals surface area (Å²) in [5.41, 5.74) is -1.27. The molecule has 0 saturated heterocycles. The van der Waals surface area contributed by atoms with E-state index in [9.17, 15) is 19.2 Å². The molecule has 0 unspecified atom stereocenters. The minimum atomic E-state index is -1.27. The molecule has 0 fully saturated rings. The molecule has 0 N–H and O–H groups in total. The smallest absolute Gasteiger partial charge is 0.180 e. The molecule has 0 atom stereocenters. The van der Waals surface area contributed by atoms with Gasteiger partial charge in [-0.05, 0) is 24.3 Å². The van der Waals surface area contributed by atoms with Crippen molar-refractivity contribution in [3.8, 4) is 0 Å². The van der Waals surface area contributed by atoms with Gasteiger partial charge >= 0.3 is 0 Å². The summed E-state index contributed by atoms with van der Waals surface area (Å²) in [7, 11) is 0. The predicted octanol–water partition coefficient (Wildman–Crippen LogP) is 1.20. The monoisotopic (exact) mass is 408 g/mol. The molecule has 0 heterocycles. The first-order chi connectivity index (χ1) is 13.8. The van der Waals surface area contributed by atoms with Crippen LogP contribution in [0.5, 0.6) is 0 Å². The third-order valence-corrected chi connectivity index (χ3v) is 3.50. The molecule has 29 heavy (non-hydrogen) atoms. The summed E-state index contributed by atoms with van der Waals surface area (Å²) < 4.78 is 21.9. The zero-order chi connectivity index (χ0) is 22.1. The first kappa shape index (κ1) is 26.5. The normalized spacial score (nSPS) is 10.8. The van der Waals surface area contributed by atoms with Crippen LogP contribution in [0.4, 0.5) is 0 Å². The molecule has 0 aliphatic heterocycles. The quantitative estimate of drug-likeness (QED) is 0.277. The SMILES string of the molecule is C=CC(=O)CCOC(COCC(=O)C=C)(COCC(=O)C=C)COCC(=O)C=C. The van der Waals surface area contributed by atoms with E-state index in [1.165, 1.54) is 6.08 Å². The van der Waals surface area contributed by atoms with Crippen molar-refractivity contribution in [2.24, 2.45) is 0 Å². The number of carbonyl (C=O) groups excluding carboxylic acids is 4. The second-order valence-corrected chi connectivity index (χ2v) is 5.94. The third-order valence-electron chi connectivity index (χ3n) is 3.50. The number of rotatable bonds is 20. The van der Waals surface area contributed by atoms with Crippen LogP contribution < -0.4 is 0 Å². The van der Waals surface area contributed by atoms with Gasteiger partial charge in [-0.1, -0.05) is 26.3 Å². The van der Waals surface area contributed by atoms with E-state index in [2.05, 4.69) is 26.3 Å². The number of carbonyl (C=O) groups is 4. The summed E-state index contributed by atoms with van der Waals surface area (Å²) in [6, 6.07) is 0. The summed E-state index contributed by atoms with van der Waals surface area (Å²) in [4.78, 5) is 45.7. The fourth-order valence-electron chi connectivity index (χ4n) is 1.91. The van der Waals surface area contributed by atoms with Gasteiger partial charge in [0.25, 0.3) is 0 Å². The summed E-state index contributed by atoms with van der Waals surface area (Å²) >= 11 is 0. The molecule has 0 amide bonds. The van der Waals surface area contributed by atoms with Crippen molar-refractivity contribution in [3.63, 3.8) is 0 Å². The minimum Gasteiger partial charge on any atom is -0.370 e. The zero-order valence-electron chi connectivity index (χ0n) is 16.6. The van der Waals surface area contributed by atoms with Crippen molar-refractivity contribution in [1.29, 1.82) is 0 Å². The molecule has 0 aliphatic carbocycles. The Balaban J connectivity index is 5.23. The van der Waals surface area contributed by atoms with E-state index < -0.39 is 5.60 Å². The van der Waals surface area contributed by atoms with Crippen LogP contribution in [0.15, 0.2) is 50.6 Å². The predicted molar refractivity (Wildman–Crippen MR) is 107 cm³/mol. The molecule has 0 spiro atoms. The Morgan fingerprint density at radius 2 is 0.966 bits per heavy atom. The van der Waals surface area contributed by atoms with E-state index in [1.807, 2.05) is 0 Å². The summed E-state index contributed by atoms with van der Waals surface area (Å²) in [5, 5.41) is 0. The highest BCUT2D eigenvalue weighted by molar-refractivity contribution is 5.91. The van der Waals surface area contributed by atoms with Crippen LogP contribution in [-0.2, 0) is 38.1 Å². The van der Waals surface area contributed by atoms with Gasteiger partial charge in [-0.25, -0.2) is 0 Å². The molecule has 0 aromatic heterocycles. The van der Waals surface area contributed by atoms with Crippen molar-refractivity contribution in [2.75, 3.05) is 46.2 Å². The van der Waals surface area contributed by atoms with Gasteiger partial charge in [-0.15, -0.1) is 0 Å². The lowest BCUT2D eigenvalue weighted by atomic mass is 10.1. The molecule has 8 nitrogen and oxygen atoms in total. The van der Waals surface area contributed by atoms with E-state index in [4.69, 9.17) is 18.9 Å². The average Bonchev–Trinajstić information content (AvgIpc) is 2.72. The topological polar surface area (TPSA) is 105 Å². The van der Waals surface area contributed by atoms with Gasteiger partial charge in [-0.2, -0.15) is 0 Å². The maximum atomic E-state index is 11.5. The van der Waals surface area contributed by atoms with Gasteiger partial charge in [0.05, 0.1) is 26.4 Å². The van der Waals surface area contributed by atoms with Crippen LogP contribution >= 0.6 is 0 Å². The van der Waals surface area contributed by atoms with Crippen LogP contribution in [0, 0.1) is 0 Å². The van der Waals surface area contributed by atoms with E-state index in [0.29, 0.717) is 0 Å². The summed E-state index contributed by atoms with van der Waals surface area (Å²) in [5.74, 6) is -1.25. The van der Waals surface area contributed by atoms with E-state index in [-0.39, 0.29) is 75.8 Å². The molecule has 0 bridgehead atoms. The van der Waals surface area contributed by atoms with E-state index in [1.54, 1.807) is 0 Å². The highest BCUT2D eigenvalue weighted by atomic mass is 16.6. The van der Waals surface area contributed by atoms with Gasteiger partial charge < -0.3 is 18.9 Å². The maximum Gasteiger partial charge on any atom is 0.180 e. The molecule has 0 saturated carbocycles. The van der Waals surface area contributed by atoms with Gasteiger partial charge in [0.2, 0.25) is 0 Å². The number of ether oxygens (including phenoxy) is 4. The van der Waals surface area contributed by atoms with Crippen LogP contribution in [0.1, 0.15) is 6.42 Å². The molecular weight excluding hydrogens is 380 g/mol. The Morgan fingerprint density at radius 1 is 0.621 bits per heavy atom. The largest absolute Gasteiger partial charge is 0.370 e. The highest BCUT2D eigenvalue weighted by Crippen LogP contribution is 2.16. The lowest BCUT2D eigenvalue weighted by molar-refractivity contribution is -0.170. The van der Waals surface area contributed by atoms with Crippen molar-refractivity contribution in [3.05, 3.63) is 50.6 Å². The number of hydrogen-bond donors (Lipinski definition) is 0. The molecule has 0 aromatic carbocycles. The molecular formula is C21H28O8. The number of hydrogen-bond acceptors (Lipinski definition) is 8. The minimum absolute atomic E-state index is 0.0128. The van der Waals surface area contributed by atoms with Gasteiger partial charge in [0.15, 0.2) is 23.1 Å². The maximum absolute atomic E-state index is 11.5. The van der Waals surface area contributed by atoms with Crippen molar-refractivity contribution < 1.29 is 38.1 Å². The summed E-state index contributed by atoms with van der Waals surface area (Å²) in [6.45, 7) is 12.2. The van der Waals surface area contributed by atoms with Gasteiger partial charge in [0.1, 0.15) is 25.4 Å². The van der Waals surface area contributed by atoms with Crippen LogP contribution in [0.3, 0.4) is 0 Å². The first-order valence-electron chi connectivity index (χ1n) is 8.80. The second kappa shape index (κ2) is 15.4. The van der Waals surface area contributed by atoms with Crippen molar-refractivity contribution in [1.82, 2.24) is 0 Å². The number of ketones is 4. The Labute approximate surface area is 170 Å². The Hall–Kier alpha value is -2.52. The van der Waals surface area contributed by atoms with Crippen molar-refractivity contribution >= 4 is 23.1 Å². The lowest BCUT2D eigenvalue weighted by Crippen LogP contribution is -2.48. The van der Waals surface area contributed by atoms with Crippen LogP contribution in [-0.4, -0.2) is 75.0 Å². The lowest BCUT2D eigenvalue weighted by Gasteiger charge is -2.33. The highest BCUT2D eigenvalue weighted by Gasteiger charge is 2.34. The Bertz CT molecular complexity index is 511. The molecule has 0 aromatic rings. The number of allylic oxidation sites excluding steroid dienone is 1. The fraction of sp³-hybridized carbons (Fsp3) is 0.429. The summed E-state index contributed by atoms with van der Waals surface area (Å²) in [6.07, 6.45) is 4.56. The average molecular weight is 408 g/mol. The standard InChI is InChI=1S/C21H28O8/c1-5-17(22)9-10-29-21(14-26-11-18(23)6-2,15-27-12-19(24)7-3)16-28-13-20(25)8-4/h5-8H,1-4,9-16H2. The first-order valence-corrected chi connectivity index (χ1v) is 8.80. The van der Waals surface area contributed by atoms with Crippen molar-refractivity contribution in [2.45, 2.75) is 12.0 Å². The van der Waals surface area contributed by atoms with Gasteiger partial charge in [0, 0.05) is 6.42 Å². The second-order valence-electron chi connectivity index (χ2n) is 5.94. The zero-order valence-corrected chi connectivity index (χ0v) is 16.6. The van der Waals surface area contributed by atoms with Gasteiger partial charge in [-0.3, -0.25) is 19.2 Å². The Kier molecular flexibility index (Phi) is 14.1. The van der Waals surface area contributed by atoms with Crippen LogP contribution in [0.25, 0.3) is 0 Å². The molecule has 0 radical (unpaired) electrons. The molecule has 8 heteroatoms. The Morgan fingerprint density at radius 3 is 1.28 bits per heavy atom. The van der Waals surface area contributed by atoms with Crippen LogP contribution in [0.2, 0.25) is 0 Å². The molecule has 0 aliphatic rings. The molecule has 160 valence electrons. The van der Waals surface area contributed by atoms with E-state index in [0.717, 1.165) is 18.2 Å². The van der Waals surface area contributed by atoms with E-state index >= 15 is 0 Å².